The third-order valence-corrected chi connectivity index (χ3v) is 4.39. The molecule has 21 heavy (non-hydrogen) atoms. The van der Waals surface area contributed by atoms with Gasteiger partial charge in [-0.25, -0.2) is 8.42 Å². The fraction of sp³-hybridized carbons (Fsp3) is 0.400. The Morgan fingerprint density at radius 3 is 2.52 bits per heavy atom. The lowest BCUT2D eigenvalue weighted by Crippen LogP contribution is -2.24. The molecule has 2 rings (SSSR count). The van der Waals surface area contributed by atoms with Crippen molar-refractivity contribution in [1.82, 2.24) is 9.78 Å². The second-order valence-electron chi connectivity index (χ2n) is 5.42. The number of hydrogen-bond donors (Lipinski definition) is 1. The molecule has 1 heterocycles. The highest BCUT2D eigenvalue weighted by Crippen LogP contribution is 2.21. The molecule has 0 radical (unpaired) electrons. The van der Waals surface area contributed by atoms with E-state index in [1.807, 2.05) is 37.6 Å². The minimum absolute atomic E-state index is 0.0610. The van der Waals surface area contributed by atoms with Crippen molar-refractivity contribution in [2.24, 2.45) is 0 Å². The molecule has 1 unspecified atom stereocenters. The number of para-hydroxylation sites is 1. The molecule has 0 aliphatic heterocycles. The van der Waals surface area contributed by atoms with Gasteiger partial charge in [-0.15, -0.1) is 0 Å². The summed E-state index contributed by atoms with van der Waals surface area (Å²) in [6.07, 6.45) is 1.22. The maximum absolute atomic E-state index is 11.8. The van der Waals surface area contributed by atoms with Crippen LogP contribution in [0.15, 0.2) is 35.2 Å². The first-order valence-electron chi connectivity index (χ1n) is 6.84. The van der Waals surface area contributed by atoms with Crippen molar-refractivity contribution in [2.75, 3.05) is 11.6 Å². The normalized spacial score (nSPS) is 13.1. The minimum Gasteiger partial charge on any atom is -0.380 e. The van der Waals surface area contributed by atoms with E-state index in [2.05, 4.69) is 10.4 Å². The Hall–Kier alpha value is -1.82. The highest BCUT2D eigenvalue weighted by Gasteiger charge is 2.14. The average Bonchev–Trinajstić information content (AvgIpc) is 2.67. The number of rotatable bonds is 5. The van der Waals surface area contributed by atoms with Gasteiger partial charge in [0.05, 0.1) is 22.8 Å². The van der Waals surface area contributed by atoms with E-state index in [-0.39, 0.29) is 6.04 Å². The van der Waals surface area contributed by atoms with Gasteiger partial charge >= 0.3 is 0 Å². The maximum atomic E-state index is 11.8. The van der Waals surface area contributed by atoms with Gasteiger partial charge in [0.15, 0.2) is 9.84 Å². The molecule has 0 amide bonds. The summed E-state index contributed by atoms with van der Waals surface area (Å²) >= 11 is 0. The number of aryl methyl sites for hydroxylation is 2. The summed E-state index contributed by atoms with van der Waals surface area (Å²) in [4.78, 5) is 0.324. The number of anilines is 1. The van der Waals surface area contributed by atoms with Crippen molar-refractivity contribution in [2.45, 2.75) is 38.3 Å². The second-order valence-corrected chi connectivity index (χ2v) is 7.41. The van der Waals surface area contributed by atoms with Crippen molar-refractivity contribution >= 4 is 15.5 Å². The van der Waals surface area contributed by atoms with Gasteiger partial charge < -0.3 is 5.32 Å². The molecular formula is C15H21N3O2S. The Labute approximate surface area is 125 Å². The van der Waals surface area contributed by atoms with Crippen LogP contribution < -0.4 is 5.32 Å². The maximum Gasteiger partial charge on any atom is 0.177 e. The molecule has 5 nitrogen and oxygen atoms in total. The van der Waals surface area contributed by atoms with Crippen molar-refractivity contribution in [3.63, 3.8) is 0 Å². The lowest BCUT2D eigenvalue weighted by atomic mass is 10.2. The summed E-state index contributed by atoms with van der Waals surface area (Å²) in [6, 6.07) is 9.05. The minimum atomic E-state index is -3.24. The van der Waals surface area contributed by atoms with Gasteiger partial charge in [-0.3, -0.25) is 4.68 Å². The highest BCUT2D eigenvalue weighted by molar-refractivity contribution is 7.90. The van der Waals surface area contributed by atoms with E-state index in [0.29, 0.717) is 17.1 Å². The van der Waals surface area contributed by atoms with Crippen LogP contribution in [0.2, 0.25) is 0 Å². The van der Waals surface area contributed by atoms with Gasteiger partial charge in [0.1, 0.15) is 0 Å². The zero-order chi connectivity index (χ0) is 15.6. The van der Waals surface area contributed by atoms with Gasteiger partial charge in [-0.2, -0.15) is 5.10 Å². The van der Waals surface area contributed by atoms with Crippen molar-refractivity contribution in [1.29, 1.82) is 0 Å². The van der Waals surface area contributed by atoms with E-state index >= 15 is 0 Å². The fourth-order valence-corrected chi connectivity index (χ4v) is 3.19. The second kappa shape index (κ2) is 5.89. The Morgan fingerprint density at radius 2 is 1.95 bits per heavy atom. The summed E-state index contributed by atoms with van der Waals surface area (Å²) in [5, 5.41) is 7.68. The topological polar surface area (TPSA) is 64.0 Å². The molecule has 0 aliphatic carbocycles. The molecule has 0 fully saturated rings. The highest BCUT2D eigenvalue weighted by atomic mass is 32.2. The molecule has 0 bridgehead atoms. The first-order chi connectivity index (χ1) is 9.77. The molecule has 0 saturated carbocycles. The lowest BCUT2D eigenvalue weighted by Gasteiger charge is -2.18. The van der Waals surface area contributed by atoms with Gasteiger partial charge in [-0.05, 0) is 39.0 Å². The molecule has 1 atom stereocenters. The first-order valence-corrected chi connectivity index (χ1v) is 8.73. The molecule has 2 aromatic rings. The number of sulfone groups is 1. The average molecular weight is 307 g/mol. The number of nitrogens with zero attached hydrogens (tertiary/aromatic N) is 2. The lowest BCUT2D eigenvalue weighted by molar-refractivity contribution is 0.544. The van der Waals surface area contributed by atoms with E-state index in [1.54, 1.807) is 18.2 Å². The van der Waals surface area contributed by atoms with Crippen LogP contribution in [0.4, 0.5) is 5.69 Å². The molecule has 0 spiro atoms. The van der Waals surface area contributed by atoms with Crippen LogP contribution in [0.1, 0.15) is 18.3 Å². The van der Waals surface area contributed by atoms with Gasteiger partial charge in [0.2, 0.25) is 0 Å². The van der Waals surface area contributed by atoms with E-state index in [9.17, 15) is 8.42 Å². The van der Waals surface area contributed by atoms with Crippen molar-refractivity contribution < 1.29 is 8.42 Å². The zero-order valence-corrected chi connectivity index (χ0v) is 13.6. The SMILES string of the molecule is Cc1cc(C)n(CC(C)Nc2ccccc2S(C)(=O)=O)n1. The largest absolute Gasteiger partial charge is 0.380 e. The summed E-state index contributed by atoms with van der Waals surface area (Å²) in [5.41, 5.74) is 2.71. The number of benzene rings is 1. The van der Waals surface area contributed by atoms with Gasteiger partial charge in [0, 0.05) is 18.0 Å². The molecule has 1 aromatic heterocycles. The standard InChI is InChI=1S/C15H21N3O2S/c1-11-9-13(3)18(17-11)10-12(2)16-14-7-5-6-8-15(14)21(4,19)20/h5-9,12,16H,10H2,1-4H3. The van der Waals surface area contributed by atoms with Crippen LogP contribution >= 0.6 is 0 Å². The van der Waals surface area contributed by atoms with E-state index in [4.69, 9.17) is 0 Å². The third kappa shape index (κ3) is 3.85. The summed E-state index contributed by atoms with van der Waals surface area (Å²) in [5.74, 6) is 0. The molecule has 0 aliphatic rings. The van der Waals surface area contributed by atoms with Crippen LogP contribution in [0.25, 0.3) is 0 Å². The monoisotopic (exact) mass is 307 g/mol. The predicted molar refractivity (Wildman–Crippen MR) is 84.3 cm³/mol. The summed E-state index contributed by atoms with van der Waals surface area (Å²) in [6.45, 7) is 6.66. The predicted octanol–water partition coefficient (Wildman–Crippen LogP) is 2.40. The summed E-state index contributed by atoms with van der Waals surface area (Å²) in [7, 11) is -3.24. The Morgan fingerprint density at radius 1 is 1.29 bits per heavy atom. The van der Waals surface area contributed by atoms with Crippen LogP contribution in [0, 0.1) is 13.8 Å². The van der Waals surface area contributed by atoms with E-state index < -0.39 is 9.84 Å². The van der Waals surface area contributed by atoms with Gasteiger partial charge in [-0.1, -0.05) is 12.1 Å². The molecular weight excluding hydrogens is 286 g/mol. The van der Waals surface area contributed by atoms with E-state index in [0.717, 1.165) is 11.4 Å². The van der Waals surface area contributed by atoms with Crippen LogP contribution in [0.3, 0.4) is 0 Å². The van der Waals surface area contributed by atoms with Crippen molar-refractivity contribution in [3.8, 4) is 0 Å². The Balaban J connectivity index is 2.17. The van der Waals surface area contributed by atoms with Gasteiger partial charge in [0.25, 0.3) is 0 Å². The number of aromatic nitrogens is 2. The van der Waals surface area contributed by atoms with Crippen LogP contribution in [-0.4, -0.2) is 30.5 Å². The molecule has 114 valence electrons. The van der Waals surface area contributed by atoms with Crippen LogP contribution in [0.5, 0.6) is 0 Å². The Kier molecular flexibility index (Phi) is 4.37. The van der Waals surface area contributed by atoms with Crippen LogP contribution in [-0.2, 0) is 16.4 Å². The number of nitrogens with one attached hydrogen (secondary N) is 1. The number of hydrogen-bond acceptors (Lipinski definition) is 4. The smallest absolute Gasteiger partial charge is 0.177 e. The molecule has 1 aromatic carbocycles. The fourth-order valence-electron chi connectivity index (χ4n) is 2.34. The Bertz CT molecular complexity index is 735. The molecule has 0 saturated heterocycles. The molecule has 6 heteroatoms. The molecule has 1 N–H and O–H groups in total. The quantitative estimate of drug-likeness (QED) is 0.921. The third-order valence-electron chi connectivity index (χ3n) is 3.24. The van der Waals surface area contributed by atoms with E-state index in [1.165, 1.54) is 6.26 Å². The zero-order valence-electron chi connectivity index (χ0n) is 12.8. The first kappa shape index (κ1) is 15.6. The summed E-state index contributed by atoms with van der Waals surface area (Å²) < 4.78 is 25.5. The van der Waals surface area contributed by atoms with Crippen molar-refractivity contribution in [3.05, 3.63) is 41.7 Å².